The van der Waals surface area contributed by atoms with Crippen molar-refractivity contribution >= 4 is 104 Å². The first kappa shape index (κ1) is 51.2. The number of aryl methyl sites for hydroxylation is 1. The maximum Gasteiger partial charge on any atom is 0.490 e. The first-order valence-electron chi connectivity index (χ1n) is 23.6. The number of rotatable bonds is 10. The molecule has 5 aliphatic heterocycles. The lowest BCUT2D eigenvalue weighted by Crippen LogP contribution is -2.62. The number of piperidine rings is 3. The number of hydrogen-bond acceptors (Lipinski definition) is 16. The number of benzene rings is 3. The van der Waals surface area contributed by atoms with Gasteiger partial charge >= 0.3 is 12.1 Å². The maximum absolute atomic E-state index is 13.5. The van der Waals surface area contributed by atoms with Crippen LogP contribution in [0, 0.1) is 12.3 Å². The zero-order valence-electron chi connectivity index (χ0n) is 40.3. The zero-order chi connectivity index (χ0) is 52.1. The summed E-state index contributed by atoms with van der Waals surface area (Å²) < 4.78 is 51.8. The van der Waals surface area contributed by atoms with Crippen molar-refractivity contribution in [2.45, 2.75) is 63.7 Å². The monoisotopic (exact) mass is 1090 g/mol. The molecule has 0 saturated carbocycles. The Labute approximate surface area is 425 Å². The van der Waals surface area contributed by atoms with Crippen molar-refractivity contribution < 1.29 is 51.6 Å². The number of halogens is 4. The molecule has 5 aliphatic rings. The highest BCUT2D eigenvalue weighted by atomic mass is 79.9. The number of imide groups is 2. The van der Waals surface area contributed by atoms with Crippen molar-refractivity contribution in [1.29, 1.82) is 0 Å². The minimum Gasteiger partial charge on any atom is -0.494 e. The molecule has 4 fully saturated rings. The van der Waals surface area contributed by atoms with Crippen LogP contribution in [-0.4, -0.2) is 142 Å². The van der Waals surface area contributed by atoms with E-state index in [1.54, 1.807) is 51.2 Å². The third-order valence-corrected chi connectivity index (χ3v) is 16.5. The average Bonchev–Trinajstić information content (AvgIpc) is 3.57. The number of methoxy groups -OCH3 is 1. The van der Waals surface area contributed by atoms with Gasteiger partial charge in [-0.2, -0.15) is 18.2 Å². The third-order valence-electron chi connectivity index (χ3n) is 14.3. The number of anilines is 6. The van der Waals surface area contributed by atoms with E-state index >= 15 is 0 Å². The molecule has 0 bridgehead atoms. The van der Waals surface area contributed by atoms with Crippen LogP contribution >= 0.6 is 23.1 Å². The Bertz CT molecular complexity index is 3100. The number of likely N-dealkylation sites (tertiary alicyclic amines) is 1. The Morgan fingerprint density at radius 1 is 0.890 bits per heavy atom. The summed E-state index contributed by atoms with van der Waals surface area (Å²) in [5, 5.41) is 16.7. The largest absolute Gasteiger partial charge is 0.494 e. The molecule has 384 valence electrons. The van der Waals surface area contributed by atoms with Crippen LogP contribution in [0.4, 0.5) is 47.7 Å². The Morgan fingerprint density at radius 2 is 1.56 bits per heavy atom. The van der Waals surface area contributed by atoms with Gasteiger partial charge in [0.05, 0.1) is 44.9 Å². The van der Waals surface area contributed by atoms with E-state index < -0.39 is 49.0 Å². The minimum absolute atomic E-state index is 0.0920. The molecular formula is C49H52BrF3N11O8P. The molecule has 10 rings (SSSR count). The molecule has 4 saturated heterocycles. The number of nitrogens with zero attached hydrogens (tertiary/aromatic N) is 8. The molecule has 19 nitrogen and oxygen atoms in total. The van der Waals surface area contributed by atoms with Crippen LogP contribution in [0.2, 0.25) is 0 Å². The van der Waals surface area contributed by atoms with Gasteiger partial charge in [-0.3, -0.25) is 44.3 Å². The molecule has 3 aromatic carbocycles. The summed E-state index contributed by atoms with van der Waals surface area (Å²) in [4.78, 5) is 86.2. The topological polar surface area (TPSA) is 232 Å². The average molecular weight is 1090 g/mol. The summed E-state index contributed by atoms with van der Waals surface area (Å²) in [6, 6.07) is 12.7. The summed E-state index contributed by atoms with van der Waals surface area (Å²) in [5.74, 6) is -3.17. The molecule has 7 heterocycles. The van der Waals surface area contributed by atoms with Crippen molar-refractivity contribution in [3.8, 4) is 5.75 Å². The molecular weight excluding hydrogens is 1040 g/mol. The number of ether oxygens (including phenoxy) is 1. The normalized spacial score (nSPS) is 19.3. The molecule has 1 unspecified atom stereocenters. The molecule has 5 aromatic rings. The van der Waals surface area contributed by atoms with Gasteiger partial charge in [-0.25, -0.2) is 9.78 Å². The van der Waals surface area contributed by atoms with Gasteiger partial charge in [0.2, 0.25) is 17.8 Å². The van der Waals surface area contributed by atoms with Crippen molar-refractivity contribution in [1.82, 2.24) is 35.1 Å². The van der Waals surface area contributed by atoms with Crippen molar-refractivity contribution in [2.24, 2.45) is 5.41 Å². The van der Waals surface area contributed by atoms with Gasteiger partial charge in [-0.05, 0) is 129 Å². The Balaban J connectivity index is 0.000000875. The summed E-state index contributed by atoms with van der Waals surface area (Å²) in [6.45, 7) is 11.3. The molecule has 73 heavy (non-hydrogen) atoms. The van der Waals surface area contributed by atoms with Crippen LogP contribution < -0.4 is 35.8 Å². The SMILES string of the molecule is COc1cc(N2CCC3(CC2)CCN(C2CN(c4ccc5c(c4)C(=O)N(C4CCC(=O)NC4=O)C5=O)C2)CC3)c(C)cc1Nc1ncc(Br)c(Nc2ccc3nccnc3c2P(C)(C)=O)n1.O=C(O)C(F)(F)F. The highest BCUT2D eigenvalue weighted by molar-refractivity contribution is 9.10. The van der Waals surface area contributed by atoms with Gasteiger partial charge in [0.25, 0.3) is 11.8 Å². The number of aromatic nitrogens is 4. The highest BCUT2D eigenvalue weighted by Gasteiger charge is 2.46. The molecule has 0 radical (unpaired) electrons. The predicted molar refractivity (Wildman–Crippen MR) is 270 cm³/mol. The molecule has 4 amide bonds. The summed E-state index contributed by atoms with van der Waals surface area (Å²) in [6.07, 6.45) is 4.60. The van der Waals surface area contributed by atoms with Crippen LogP contribution in [0.1, 0.15) is 64.8 Å². The van der Waals surface area contributed by atoms with Gasteiger partial charge in [0, 0.05) is 74.7 Å². The summed E-state index contributed by atoms with van der Waals surface area (Å²) in [5.41, 5.74) is 6.72. The predicted octanol–water partition coefficient (Wildman–Crippen LogP) is 6.84. The fraction of sp³-hybridized carbons (Fsp3) is 0.408. The quantitative estimate of drug-likeness (QED) is 0.0828. The number of carboxylic acid groups (broad SMARTS) is 1. The lowest BCUT2D eigenvalue weighted by atomic mass is 9.70. The van der Waals surface area contributed by atoms with Crippen LogP contribution in [0.25, 0.3) is 11.0 Å². The number of alkyl halides is 3. The van der Waals surface area contributed by atoms with Crippen LogP contribution in [-0.2, 0) is 18.9 Å². The Morgan fingerprint density at radius 3 is 2.22 bits per heavy atom. The summed E-state index contributed by atoms with van der Waals surface area (Å²) in [7, 11) is -1.11. The highest BCUT2D eigenvalue weighted by Crippen LogP contribution is 2.46. The molecule has 24 heteroatoms. The van der Waals surface area contributed by atoms with E-state index in [-0.39, 0.29) is 12.8 Å². The molecule has 1 spiro atoms. The lowest BCUT2D eigenvalue weighted by Gasteiger charge is -2.52. The lowest BCUT2D eigenvalue weighted by molar-refractivity contribution is -0.192. The fourth-order valence-electron chi connectivity index (χ4n) is 10.4. The Hall–Kier alpha value is -6.71. The van der Waals surface area contributed by atoms with E-state index in [4.69, 9.17) is 19.6 Å². The van der Waals surface area contributed by atoms with E-state index in [1.807, 2.05) is 18.2 Å². The van der Waals surface area contributed by atoms with E-state index in [9.17, 15) is 36.9 Å². The van der Waals surface area contributed by atoms with Crippen molar-refractivity contribution in [3.05, 3.63) is 82.2 Å². The van der Waals surface area contributed by atoms with Gasteiger partial charge in [0.15, 0.2) is 0 Å². The van der Waals surface area contributed by atoms with Gasteiger partial charge in [0.1, 0.15) is 30.3 Å². The second-order valence-corrected chi connectivity index (χ2v) is 23.3. The van der Waals surface area contributed by atoms with Crippen molar-refractivity contribution in [3.63, 3.8) is 0 Å². The van der Waals surface area contributed by atoms with Crippen LogP contribution in [0.5, 0.6) is 5.75 Å². The number of amides is 4. The fourth-order valence-corrected chi connectivity index (χ4v) is 12.0. The number of carboxylic acids is 1. The standard InChI is InChI=1S/C47H51BrN11O6P.C2HF3O2/c1-27-21-35(53-46-51-24-32(48)42(55-46)52-34-8-7-33-40(50-16-15-49-33)41(34)66(3,4)64)38(65-2)23-37(27)57-19-13-47(14-20-57)11-17-56(18-12-47)29-25-58(26-29)28-5-6-30-31(22-28)45(63)59(44(30)62)36-9-10-39(60)54-43(36)61;3-2(4,5)1(6)7/h5-8,15-16,21-24,29,36H,9-14,17-20,25-26H2,1-4H3,(H,54,60,61)(H2,51,52,53,55);(H,6,7). The maximum atomic E-state index is 13.5. The van der Waals surface area contributed by atoms with E-state index in [0.29, 0.717) is 66.6 Å². The third kappa shape index (κ3) is 10.4. The minimum atomic E-state index is -5.08. The van der Waals surface area contributed by atoms with E-state index in [1.165, 1.54) is 0 Å². The number of carbonyl (C=O) groups excluding carboxylic acids is 4. The molecule has 1 atom stereocenters. The van der Waals surface area contributed by atoms with E-state index in [0.717, 1.165) is 92.5 Å². The first-order valence-corrected chi connectivity index (χ1v) is 27.0. The van der Waals surface area contributed by atoms with Crippen LogP contribution in [0.15, 0.2) is 65.5 Å². The van der Waals surface area contributed by atoms with Gasteiger partial charge < -0.3 is 34.8 Å². The summed E-state index contributed by atoms with van der Waals surface area (Å²) >= 11 is 3.59. The van der Waals surface area contributed by atoms with E-state index in [2.05, 4.69) is 80.6 Å². The first-order chi connectivity index (χ1) is 34.6. The number of nitrogens with one attached hydrogen (secondary N) is 3. The molecule has 4 N–H and O–H groups in total. The number of fused-ring (bicyclic) bond motifs is 2. The van der Waals surface area contributed by atoms with Gasteiger partial charge in [-0.15, -0.1) is 0 Å². The van der Waals surface area contributed by atoms with Crippen LogP contribution in [0.3, 0.4) is 0 Å². The zero-order valence-corrected chi connectivity index (χ0v) is 42.7. The number of hydrogen-bond donors (Lipinski definition) is 4. The smallest absolute Gasteiger partial charge is 0.490 e. The number of carbonyl (C=O) groups is 5. The molecule has 0 aliphatic carbocycles. The Kier molecular flexibility index (Phi) is 14.0. The van der Waals surface area contributed by atoms with Gasteiger partial charge in [-0.1, -0.05) is 0 Å². The van der Waals surface area contributed by atoms with Crippen molar-refractivity contribution in [2.75, 3.05) is 80.1 Å². The number of aliphatic carboxylic acids is 1. The second kappa shape index (κ2) is 20.0. The molecule has 2 aromatic heterocycles. The second-order valence-electron chi connectivity index (χ2n) is 19.3.